The molecule has 0 nitrogen and oxygen atoms in total. The summed E-state index contributed by atoms with van der Waals surface area (Å²) >= 11 is 12.2. The Bertz CT molecular complexity index is 244. The smallest absolute Gasteiger partial charge is 0.0742 e. The van der Waals surface area contributed by atoms with Crippen LogP contribution in [0.5, 0.6) is 0 Å². The van der Waals surface area contributed by atoms with Gasteiger partial charge in [-0.25, -0.2) is 0 Å². The van der Waals surface area contributed by atoms with Crippen LogP contribution in [0.4, 0.5) is 0 Å². The standard InChI is InChI=1S/C8H9Br3S/c9-4-2-1-3-6-5-7(10)12-8(6)11/h5H,1-4H2. The second-order valence-electron chi connectivity index (χ2n) is 2.50. The molecule has 0 amide bonds. The molecule has 0 atom stereocenters. The van der Waals surface area contributed by atoms with Gasteiger partial charge in [-0.05, 0) is 62.8 Å². The Morgan fingerprint density at radius 1 is 1.25 bits per heavy atom. The molecule has 12 heavy (non-hydrogen) atoms. The predicted molar refractivity (Wildman–Crippen MR) is 66.5 cm³/mol. The molecule has 0 spiro atoms. The van der Waals surface area contributed by atoms with Gasteiger partial charge in [0.15, 0.2) is 0 Å². The molecule has 0 bridgehead atoms. The molecule has 0 aliphatic heterocycles. The largest absolute Gasteiger partial charge is 0.121 e. The van der Waals surface area contributed by atoms with E-state index in [9.17, 15) is 0 Å². The number of aryl methyl sites for hydroxylation is 1. The Morgan fingerprint density at radius 2 is 2.00 bits per heavy atom. The summed E-state index contributed by atoms with van der Waals surface area (Å²) in [5.74, 6) is 0. The van der Waals surface area contributed by atoms with Crippen molar-refractivity contribution in [2.45, 2.75) is 19.3 Å². The van der Waals surface area contributed by atoms with E-state index in [0.717, 1.165) is 5.33 Å². The van der Waals surface area contributed by atoms with E-state index in [0.29, 0.717) is 0 Å². The van der Waals surface area contributed by atoms with Crippen molar-refractivity contribution in [3.05, 3.63) is 19.2 Å². The number of alkyl halides is 1. The van der Waals surface area contributed by atoms with Gasteiger partial charge in [0, 0.05) is 5.33 Å². The molecule has 0 aromatic carbocycles. The number of halogens is 3. The molecule has 0 unspecified atom stereocenters. The molecule has 1 rings (SSSR count). The number of rotatable bonds is 4. The summed E-state index contributed by atoms with van der Waals surface area (Å²) in [4.78, 5) is 0. The van der Waals surface area contributed by atoms with E-state index >= 15 is 0 Å². The van der Waals surface area contributed by atoms with Crippen LogP contribution < -0.4 is 0 Å². The van der Waals surface area contributed by atoms with Crippen LogP contribution in [0.2, 0.25) is 0 Å². The maximum Gasteiger partial charge on any atom is 0.0742 e. The first-order chi connectivity index (χ1) is 5.74. The van der Waals surface area contributed by atoms with Gasteiger partial charge in [0.05, 0.1) is 7.57 Å². The van der Waals surface area contributed by atoms with E-state index in [-0.39, 0.29) is 0 Å². The summed E-state index contributed by atoms with van der Waals surface area (Å²) in [6, 6.07) is 2.20. The van der Waals surface area contributed by atoms with Crippen molar-refractivity contribution in [3.63, 3.8) is 0 Å². The van der Waals surface area contributed by atoms with Crippen LogP contribution in [0.1, 0.15) is 18.4 Å². The van der Waals surface area contributed by atoms with E-state index in [4.69, 9.17) is 0 Å². The van der Waals surface area contributed by atoms with Gasteiger partial charge in [-0.1, -0.05) is 15.9 Å². The second-order valence-corrected chi connectivity index (χ2v) is 7.04. The predicted octanol–water partition coefficient (Wildman–Crippen LogP) is 4.99. The molecular formula is C8H9Br3S. The molecule has 0 saturated carbocycles. The fourth-order valence-electron chi connectivity index (χ4n) is 0.955. The average Bonchev–Trinajstić information content (AvgIpc) is 2.31. The van der Waals surface area contributed by atoms with Crippen LogP contribution in [0.25, 0.3) is 0 Å². The molecule has 1 aromatic heterocycles. The second kappa shape index (κ2) is 5.78. The van der Waals surface area contributed by atoms with Gasteiger partial charge in [-0.2, -0.15) is 0 Å². The Hall–Kier alpha value is 1.14. The minimum absolute atomic E-state index is 1.11. The van der Waals surface area contributed by atoms with E-state index < -0.39 is 0 Å². The molecular weight excluding hydrogens is 368 g/mol. The van der Waals surface area contributed by atoms with E-state index in [1.54, 1.807) is 11.3 Å². The summed E-state index contributed by atoms with van der Waals surface area (Å²) in [6.45, 7) is 0. The van der Waals surface area contributed by atoms with Gasteiger partial charge in [0.2, 0.25) is 0 Å². The van der Waals surface area contributed by atoms with Crippen molar-refractivity contribution in [1.82, 2.24) is 0 Å². The summed E-state index contributed by atoms with van der Waals surface area (Å²) in [6.07, 6.45) is 3.68. The maximum absolute atomic E-state index is 3.55. The summed E-state index contributed by atoms with van der Waals surface area (Å²) in [5.41, 5.74) is 1.42. The molecule has 1 aromatic rings. The normalized spacial score (nSPS) is 10.6. The molecule has 0 N–H and O–H groups in total. The first-order valence-electron chi connectivity index (χ1n) is 3.73. The van der Waals surface area contributed by atoms with E-state index in [1.165, 1.54) is 32.4 Å². The van der Waals surface area contributed by atoms with Gasteiger partial charge in [0.25, 0.3) is 0 Å². The lowest BCUT2D eigenvalue weighted by atomic mass is 10.2. The molecule has 0 saturated heterocycles. The van der Waals surface area contributed by atoms with Crippen molar-refractivity contribution in [2.24, 2.45) is 0 Å². The SMILES string of the molecule is BrCCCCc1cc(Br)sc1Br. The summed E-state index contributed by atoms with van der Waals surface area (Å²) < 4.78 is 2.48. The average molecular weight is 377 g/mol. The highest BCUT2D eigenvalue weighted by atomic mass is 79.9. The zero-order chi connectivity index (χ0) is 8.97. The zero-order valence-electron chi connectivity index (χ0n) is 6.45. The topological polar surface area (TPSA) is 0 Å². The van der Waals surface area contributed by atoms with Crippen LogP contribution in [-0.4, -0.2) is 5.33 Å². The van der Waals surface area contributed by atoms with Gasteiger partial charge in [0.1, 0.15) is 0 Å². The Balaban J connectivity index is 2.45. The van der Waals surface area contributed by atoms with Crippen molar-refractivity contribution >= 4 is 59.1 Å². The molecule has 1 heterocycles. The van der Waals surface area contributed by atoms with Crippen molar-refractivity contribution in [1.29, 1.82) is 0 Å². The minimum atomic E-state index is 1.11. The third-order valence-corrected chi connectivity index (χ3v) is 4.58. The maximum atomic E-state index is 3.55. The zero-order valence-corrected chi connectivity index (χ0v) is 12.0. The monoisotopic (exact) mass is 374 g/mol. The van der Waals surface area contributed by atoms with Gasteiger partial charge in [-0.3, -0.25) is 0 Å². The fraction of sp³-hybridized carbons (Fsp3) is 0.500. The number of thiophene rings is 1. The van der Waals surface area contributed by atoms with Crippen LogP contribution in [0.3, 0.4) is 0 Å². The van der Waals surface area contributed by atoms with E-state index in [1.807, 2.05) is 0 Å². The van der Waals surface area contributed by atoms with Crippen LogP contribution in [-0.2, 0) is 6.42 Å². The Kier molecular flexibility index (Phi) is 5.41. The number of unbranched alkanes of at least 4 members (excludes halogenated alkanes) is 1. The third kappa shape index (κ3) is 3.48. The molecule has 4 heteroatoms. The van der Waals surface area contributed by atoms with E-state index in [2.05, 4.69) is 53.9 Å². The first kappa shape index (κ1) is 11.2. The van der Waals surface area contributed by atoms with Crippen LogP contribution >= 0.6 is 59.1 Å². The van der Waals surface area contributed by atoms with Gasteiger partial charge < -0.3 is 0 Å². The molecule has 0 aliphatic rings. The van der Waals surface area contributed by atoms with Crippen molar-refractivity contribution in [3.8, 4) is 0 Å². The Labute approximate surface area is 102 Å². The van der Waals surface area contributed by atoms with Crippen LogP contribution in [0.15, 0.2) is 13.6 Å². The molecule has 0 aliphatic carbocycles. The summed E-state index contributed by atoms with van der Waals surface area (Å²) in [7, 11) is 0. The molecule has 0 fully saturated rings. The lowest BCUT2D eigenvalue weighted by molar-refractivity contribution is 0.806. The summed E-state index contributed by atoms with van der Waals surface area (Å²) in [5, 5.41) is 1.11. The van der Waals surface area contributed by atoms with Gasteiger partial charge >= 0.3 is 0 Å². The molecule has 68 valence electrons. The van der Waals surface area contributed by atoms with Crippen LogP contribution in [0, 0.1) is 0 Å². The third-order valence-electron chi connectivity index (χ3n) is 1.56. The highest BCUT2D eigenvalue weighted by Gasteiger charge is 2.03. The van der Waals surface area contributed by atoms with Crippen molar-refractivity contribution in [2.75, 3.05) is 5.33 Å². The quantitative estimate of drug-likeness (QED) is 0.513. The fourth-order valence-corrected chi connectivity index (χ4v) is 4.27. The number of hydrogen-bond donors (Lipinski definition) is 0. The molecule has 0 radical (unpaired) electrons. The lowest BCUT2D eigenvalue weighted by Gasteiger charge is -1.96. The van der Waals surface area contributed by atoms with Crippen molar-refractivity contribution < 1.29 is 0 Å². The highest BCUT2D eigenvalue weighted by molar-refractivity contribution is 9.12. The lowest BCUT2D eigenvalue weighted by Crippen LogP contribution is -1.83. The highest BCUT2D eigenvalue weighted by Crippen LogP contribution is 2.32. The number of hydrogen-bond acceptors (Lipinski definition) is 1. The van der Waals surface area contributed by atoms with Gasteiger partial charge in [-0.15, -0.1) is 11.3 Å². The minimum Gasteiger partial charge on any atom is -0.121 e. The Morgan fingerprint density at radius 3 is 2.50 bits per heavy atom. The first-order valence-corrected chi connectivity index (χ1v) is 7.26.